The van der Waals surface area contributed by atoms with Gasteiger partial charge in [-0.1, -0.05) is 20.3 Å². The molecule has 2 rings (SSSR count). The number of aromatic hydroxyl groups is 1. The van der Waals surface area contributed by atoms with Crippen LogP contribution in [-0.4, -0.2) is 28.1 Å². The van der Waals surface area contributed by atoms with Crippen molar-refractivity contribution in [2.45, 2.75) is 46.6 Å². The second-order valence-electron chi connectivity index (χ2n) is 6.60. The third kappa shape index (κ3) is 3.87. The van der Waals surface area contributed by atoms with Crippen LogP contribution in [0.4, 0.5) is 0 Å². The highest BCUT2D eigenvalue weighted by Crippen LogP contribution is 2.29. The molecule has 0 aliphatic carbocycles. The van der Waals surface area contributed by atoms with Gasteiger partial charge in [-0.25, -0.2) is 9.59 Å². The third-order valence-corrected chi connectivity index (χ3v) is 4.64. The zero-order valence-corrected chi connectivity index (χ0v) is 15.3. The number of fused-ring (bicyclic) bond motifs is 1. The smallest absolute Gasteiger partial charge is 0.340 e. The topological polar surface area (TPSA) is 117 Å². The van der Waals surface area contributed by atoms with Gasteiger partial charge >= 0.3 is 11.6 Å². The van der Waals surface area contributed by atoms with Crippen LogP contribution in [0.25, 0.3) is 11.0 Å². The lowest BCUT2D eigenvalue weighted by atomic mass is 9.98. The largest absolute Gasteiger partial charge is 0.507 e. The summed E-state index contributed by atoms with van der Waals surface area (Å²) < 4.78 is 5.25. The van der Waals surface area contributed by atoms with Crippen molar-refractivity contribution in [3.05, 3.63) is 39.2 Å². The van der Waals surface area contributed by atoms with Crippen molar-refractivity contribution < 1.29 is 24.2 Å². The predicted molar refractivity (Wildman–Crippen MR) is 96.3 cm³/mol. The number of hydrogen-bond acceptors (Lipinski definition) is 5. The molecule has 3 N–H and O–H groups in total. The third-order valence-electron chi connectivity index (χ3n) is 4.64. The van der Waals surface area contributed by atoms with Crippen molar-refractivity contribution in [3.63, 3.8) is 0 Å². The van der Waals surface area contributed by atoms with Crippen molar-refractivity contribution in [1.29, 1.82) is 0 Å². The molecule has 140 valence electrons. The maximum absolute atomic E-state index is 12.3. The molecule has 2 unspecified atom stereocenters. The Labute approximate surface area is 150 Å². The van der Waals surface area contributed by atoms with E-state index >= 15 is 0 Å². The number of rotatable bonds is 6. The molecule has 0 fully saturated rings. The van der Waals surface area contributed by atoms with Crippen LogP contribution in [0.3, 0.4) is 0 Å². The van der Waals surface area contributed by atoms with Crippen LogP contribution in [-0.2, 0) is 16.0 Å². The van der Waals surface area contributed by atoms with Gasteiger partial charge in [-0.3, -0.25) is 4.79 Å². The molecule has 0 aliphatic heterocycles. The minimum atomic E-state index is -1.12. The van der Waals surface area contributed by atoms with E-state index < -0.39 is 23.5 Å². The number of amides is 1. The normalized spacial score (nSPS) is 13.4. The molecular formula is C19H23NO6. The number of carboxylic acids is 1. The second kappa shape index (κ2) is 7.59. The highest BCUT2D eigenvalue weighted by molar-refractivity contribution is 5.90. The van der Waals surface area contributed by atoms with E-state index in [0.29, 0.717) is 17.4 Å². The van der Waals surface area contributed by atoms with Gasteiger partial charge in [0.05, 0.1) is 17.4 Å². The van der Waals surface area contributed by atoms with Crippen LogP contribution in [0.15, 0.2) is 21.3 Å². The monoisotopic (exact) mass is 361 g/mol. The van der Waals surface area contributed by atoms with Crippen molar-refractivity contribution in [3.8, 4) is 5.75 Å². The summed E-state index contributed by atoms with van der Waals surface area (Å²) in [4.78, 5) is 35.9. The molecule has 0 radical (unpaired) electrons. The fourth-order valence-electron chi connectivity index (χ4n) is 2.93. The Morgan fingerprint density at radius 2 is 1.92 bits per heavy atom. The summed E-state index contributed by atoms with van der Waals surface area (Å²) in [6.07, 6.45) is 0.263. The Morgan fingerprint density at radius 3 is 2.50 bits per heavy atom. The Bertz CT molecular complexity index is 914. The maximum atomic E-state index is 12.3. The lowest BCUT2D eigenvalue weighted by Gasteiger charge is -2.20. The fraction of sp³-hybridized carbons (Fsp3) is 0.421. The van der Waals surface area contributed by atoms with E-state index in [-0.39, 0.29) is 29.2 Å². The Balaban J connectivity index is 2.37. The van der Waals surface area contributed by atoms with Crippen LogP contribution >= 0.6 is 0 Å². The van der Waals surface area contributed by atoms with Gasteiger partial charge in [-0.15, -0.1) is 0 Å². The molecular weight excluding hydrogens is 338 g/mol. The first-order valence-electron chi connectivity index (χ1n) is 8.43. The van der Waals surface area contributed by atoms with Crippen LogP contribution in [0.1, 0.15) is 37.0 Å². The molecule has 0 bridgehead atoms. The van der Waals surface area contributed by atoms with E-state index in [1.165, 1.54) is 0 Å². The molecule has 7 nitrogen and oxygen atoms in total. The molecule has 2 aromatic rings. The standard InChI is InChI=1S/C19H23NO6/c1-5-10(3)17(18(23)24)20-15(22)8-12-11(4)16-13(21)6-9(2)7-14(16)26-19(12)25/h6-7,10,17,21H,5,8H2,1-4H3,(H,20,22)(H,23,24). The van der Waals surface area contributed by atoms with Crippen molar-refractivity contribution in [1.82, 2.24) is 5.32 Å². The molecule has 2 atom stereocenters. The van der Waals surface area contributed by atoms with Crippen LogP contribution in [0, 0.1) is 19.8 Å². The molecule has 0 saturated heterocycles. The fourth-order valence-corrected chi connectivity index (χ4v) is 2.93. The number of carboxylic acid groups (broad SMARTS) is 1. The molecule has 1 aromatic heterocycles. The SMILES string of the molecule is CCC(C)C(NC(=O)Cc1c(C)c2c(O)cc(C)cc2oc1=O)C(=O)O. The lowest BCUT2D eigenvalue weighted by Crippen LogP contribution is -2.45. The number of carbonyl (C=O) groups excluding carboxylic acids is 1. The molecule has 1 heterocycles. The summed E-state index contributed by atoms with van der Waals surface area (Å²) in [7, 11) is 0. The minimum Gasteiger partial charge on any atom is -0.507 e. The number of phenolic OH excluding ortho intramolecular Hbond substituents is 1. The predicted octanol–water partition coefficient (Wildman–Crippen LogP) is 2.27. The minimum absolute atomic E-state index is 0.0362. The van der Waals surface area contributed by atoms with E-state index in [4.69, 9.17) is 4.42 Å². The van der Waals surface area contributed by atoms with E-state index in [9.17, 15) is 24.6 Å². The quantitative estimate of drug-likeness (QED) is 0.680. The summed E-state index contributed by atoms with van der Waals surface area (Å²) in [5.74, 6) is -1.99. The average Bonchev–Trinajstić information content (AvgIpc) is 2.54. The van der Waals surface area contributed by atoms with E-state index in [1.807, 2.05) is 6.92 Å². The van der Waals surface area contributed by atoms with Gasteiger partial charge in [0.25, 0.3) is 0 Å². The first-order chi connectivity index (χ1) is 12.1. The highest BCUT2D eigenvalue weighted by Gasteiger charge is 2.26. The Hall–Kier alpha value is -2.83. The first-order valence-corrected chi connectivity index (χ1v) is 8.43. The molecule has 1 aromatic carbocycles. The summed E-state index contributed by atoms with van der Waals surface area (Å²) in [5, 5.41) is 22.3. The summed E-state index contributed by atoms with van der Waals surface area (Å²) in [5.41, 5.74) is 0.852. The number of aliphatic carboxylic acids is 1. The summed E-state index contributed by atoms with van der Waals surface area (Å²) in [6.45, 7) is 6.95. The van der Waals surface area contributed by atoms with Crippen molar-refractivity contribution >= 4 is 22.8 Å². The number of benzene rings is 1. The van der Waals surface area contributed by atoms with E-state index in [0.717, 1.165) is 5.56 Å². The van der Waals surface area contributed by atoms with Crippen molar-refractivity contribution in [2.24, 2.45) is 5.92 Å². The summed E-state index contributed by atoms with van der Waals surface area (Å²) >= 11 is 0. The Morgan fingerprint density at radius 1 is 1.27 bits per heavy atom. The van der Waals surface area contributed by atoms with Crippen LogP contribution in [0.2, 0.25) is 0 Å². The van der Waals surface area contributed by atoms with Gasteiger partial charge in [0, 0.05) is 0 Å². The number of nitrogens with one attached hydrogen (secondary N) is 1. The lowest BCUT2D eigenvalue weighted by molar-refractivity contribution is -0.143. The van der Waals surface area contributed by atoms with Crippen LogP contribution < -0.4 is 10.9 Å². The first kappa shape index (κ1) is 19.5. The number of carbonyl (C=O) groups is 2. The molecule has 1 amide bonds. The van der Waals surface area contributed by atoms with Gasteiger partial charge < -0.3 is 19.9 Å². The number of hydrogen-bond donors (Lipinski definition) is 3. The van der Waals surface area contributed by atoms with Gasteiger partial charge in [-0.2, -0.15) is 0 Å². The molecule has 0 saturated carbocycles. The molecule has 0 aliphatic rings. The number of phenols is 1. The zero-order chi connectivity index (χ0) is 19.6. The Kier molecular flexibility index (Phi) is 5.69. The maximum Gasteiger partial charge on any atom is 0.340 e. The van der Waals surface area contributed by atoms with E-state index in [1.54, 1.807) is 32.9 Å². The van der Waals surface area contributed by atoms with Gasteiger partial charge in [0.2, 0.25) is 5.91 Å². The van der Waals surface area contributed by atoms with Gasteiger partial charge in [0.1, 0.15) is 17.4 Å². The van der Waals surface area contributed by atoms with Gasteiger partial charge in [0.15, 0.2) is 0 Å². The van der Waals surface area contributed by atoms with E-state index in [2.05, 4.69) is 5.32 Å². The molecule has 7 heteroatoms. The van der Waals surface area contributed by atoms with Gasteiger partial charge in [-0.05, 0) is 43.0 Å². The number of aryl methyl sites for hydroxylation is 2. The molecule has 0 spiro atoms. The molecule has 26 heavy (non-hydrogen) atoms. The average molecular weight is 361 g/mol. The van der Waals surface area contributed by atoms with Crippen LogP contribution in [0.5, 0.6) is 5.75 Å². The zero-order valence-electron chi connectivity index (χ0n) is 15.3. The second-order valence-corrected chi connectivity index (χ2v) is 6.60. The highest BCUT2D eigenvalue weighted by atomic mass is 16.4. The van der Waals surface area contributed by atoms with Crippen molar-refractivity contribution in [2.75, 3.05) is 0 Å². The summed E-state index contributed by atoms with van der Waals surface area (Å²) in [6, 6.07) is 2.15.